The normalized spacial score (nSPS) is 25.4. The van der Waals surface area contributed by atoms with Crippen molar-refractivity contribution in [2.45, 2.75) is 51.2 Å². The van der Waals surface area contributed by atoms with E-state index in [2.05, 4.69) is 6.07 Å². The molecule has 1 aliphatic carbocycles. The Morgan fingerprint density at radius 3 is 2.58 bits per heavy atom. The largest absolute Gasteiger partial charge is 0.396 e. The van der Waals surface area contributed by atoms with E-state index in [0.29, 0.717) is 26.1 Å². The number of likely N-dealkylation sites (tertiary alicyclic amines) is 1. The van der Waals surface area contributed by atoms with Crippen molar-refractivity contribution in [2.75, 3.05) is 33.3 Å². The van der Waals surface area contributed by atoms with Crippen LogP contribution in [0.1, 0.15) is 43.2 Å². The summed E-state index contributed by atoms with van der Waals surface area (Å²) < 4.78 is 0. The van der Waals surface area contributed by atoms with E-state index in [4.69, 9.17) is 0 Å². The molecule has 0 spiro atoms. The van der Waals surface area contributed by atoms with E-state index in [1.54, 1.807) is 4.90 Å². The number of carbonyl (C=O) groups is 1. The summed E-state index contributed by atoms with van der Waals surface area (Å²) >= 11 is 0. The molecule has 1 amide bonds. The molecule has 2 fully saturated rings. The van der Waals surface area contributed by atoms with Crippen LogP contribution in [0.4, 0.5) is 0 Å². The highest BCUT2D eigenvalue weighted by Crippen LogP contribution is 2.41. The molecule has 1 saturated carbocycles. The zero-order chi connectivity index (χ0) is 18.8. The second-order valence-corrected chi connectivity index (χ2v) is 8.53. The third-order valence-corrected chi connectivity index (χ3v) is 6.05. The molecule has 5 nitrogen and oxygen atoms in total. The first-order chi connectivity index (χ1) is 12.4. The van der Waals surface area contributed by atoms with Gasteiger partial charge >= 0.3 is 0 Å². The van der Waals surface area contributed by atoms with Crippen LogP contribution in [0.3, 0.4) is 0 Å². The Bertz CT molecular complexity index is 638. The molecule has 0 bridgehead atoms. The van der Waals surface area contributed by atoms with Crippen LogP contribution in [0.2, 0.25) is 0 Å². The van der Waals surface area contributed by atoms with Crippen LogP contribution >= 0.6 is 0 Å². The van der Waals surface area contributed by atoms with E-state index in [1.165, 1.54) is 5.56 Å². The average Bonchev–Trinajstić information content (AvgIpc) is 2.55. The number of carbonyl (C=O) groups excluding carboxylic acids is 1. The number of piperidine rings is 1. The molecule has 1 aliphatic heterocycles. The summed E-state index contributed by atoms with van der Waals surface area (Å²) in [6, 6.07) is 8.17. The lowest BCUT2D eigenvalue weighted by atomic mass is 9.69. The number of rotatable bonds is 7. The van der Waals surface area contributed by atoms with Gasteiger partial charge in [0.15, 0.2) is 5.60 Å². The minimum atomic E-state index is -1.32. The predicted octanol–water partition coefficient (Wildman–Crippen LogP) is 1.94. The zero-order valence-electron chi connectivity index (χ0n) is 16.1. The highest BCUT2D eigenvalue weighted by molar-refractivity contribution is 5.86. The molecule has 2 aliphatic rings. The maximum Gasteiger partial charge on any atom is 0.256 e. The second kappa shape index (κ2) is 7.67. The smallest absolute Gasteiger partial charge is 0.256 e. The Balaban J connectivity index is 1.63. The first kappa shape index (κ1) is 19.3. The van der Waals surface area contributed by atoms with E-state index in [0.717, 1.165) is 37.8 Å². The van der Waals surface area contributed by atoms with Crippen molar-refractivity contribution in [3.63, 3.8) is 0 Å². The molecule has 1 saturated heterocycles. The third-order valence-electron chi connectivity index (χ3n) is 6.05. The number of aliphatic hydroxyl groups excluding tert-OH is 1. The number of likely N-dealkylation sites (N-methyl/N-ethyl adjacent to an activating group) is 1. The third kappa shape index (κ3) is 4.11. The van der Waals surface area contributed by atoms with Gasteiger partial charge in [0.05, 0.1) is 0 Å². The molecule has 3 rings (SSSR count). The first-order valence-corrected chi connectivity index (χ1v) is 9.73. The van der Waals surface area contributed by atoms with Gasteiger partial charge in [-0.3, -0.25) is 4.79 Å². The molecule has 1 atom stereocenters. The molecule has 1 aromatic carbocycles. The quantitative estimate of drug-likeness (QED) is 0.780. The first-order valence-electron chi connectivity index (χ1n) is 9.73. The average molecular weight is 360 g/mol. The topological polar surface area (TPSA) is 64.0 Å². The standard InChI is InChI=1S/C21H32N2O3/c1-17-6-3-7-18(12-17)13-23-11-5-10-21(26,19(23)25)15-22(2)14-20(16-24)8-4-9-20/h3,6-7,12,24,26H,4-5,8-11,13-16H2,1-2H3/t21-/m1/s1. The van der Waals surface area contributed by atoms with Gasteiger partial charge in [-0.25, -0.2) is 0 Å². The molecular weight excluding hydrogens is 328 g/mol. The van der Waals surface area contributed by atoms with Gasteiger partial charge in [-0.15, -0.1) is 0 Å². The van der Waals surface area contributed by atoms with Crippen molar-refractivity contribution in [2.24, 2.45) is 5.41 Å². The van der Waals surface area contributed by atoms with Crippen LogP contribution in [0.25, 0.3) is 0 Å². The van der Waals surface area contributed by atoms with Crippen LogP contribution in [0.15, 0.2) is 24.3 Å². The molecule has 0 unspecified atom stereocenters. The van der Waals surface area contributed by atoms with E-state index in [-0.39, 0.29) is 17.9 Å². The van der Waals surface area contributed by atoms with Gasteiger partial charge in [0.1, 0.15) is 0 Å². The van der Waals surface area contributed by atoms with Gasteiger partial charge in [0.2, 0.25) is 0 Å². The van der Waals surface area contributed by atoms with Crippen molar-refractivity contribution in [1.82, 2.24) is 9.80 Å². The lowest BCUT2D eigenvalue weighted by molar-refractivity contribution is -0.160. The summed E-state index contributed by atoms with van der Waals surface area (Å²) in [5.41, 5.74) is 0.919. The molecule has 26 heavy (non-hydrogen) atoms. The number of hydrogen-bond donors (Lipinski definition) is 2. The van der Waals surface area contributed by atoms with Gasteiger partial charge < -0.3 is 20.0 Å². The molecule has 1 heterocycles. The van der Waals surface area contributed by atoms with Gasteiger partial charge in [0, 0.05) is 38.2 Å². The monoisotopic (exact) mass is 360 g/mol. The number of amides is 1. The molecule has 144 valence electrons. The van der Waals surface area contributed by atoms with E-state index in [9.17, 15) is 15.0 Å². The van der Waals surface area contributed by atoms with E-state index >= 15 is 0 Å². The van der Waals surface area contributed by atoms with Crippen molar-refractivity contribution in [3.8, 4) is 0 Å². The number of aliphatic hydroxyl groups is 2. The lowest BCUT2D eigenvalue weighted by Crippen LogP contribution is -2.59. The Kier molecular flexibility index (Phi) is 5.70. The molecule has 2 N–H and O–H groups in total. The fraction of sp³-hybridized carbons (Fsp3) is 0.667. The van der Waals surface area contributed by atoms with Crippen LogP contribution in [0, 0.1) is 12.3 Å². The number of hydrogen-bond acceptors (Lipinski definition) is 4. The number of benzene rings is 1. The van der Waals surface area contributed by atoms with Gasteiger partial charge in [0.25, 0.3) is 5.91 Å². The number of aryl methyl sites for hydroxylation is 1. The van der Waals surface area contributed by atoms with Crippen LogP contribution in [-0.4, -0.2) is 64.8 Å². The molecule has 1 aromatic rings. The fourth-order valence-corrected chi connectivity index (χ4v) is 4.51. The Labute approximate surface area is 156 Å². The summed E-state index contributed by atoms with van der Waals surface area (Å²) in [7, 11) is 1.94. The summed E-state index contributed by atoms with van der Waals surface area (Å²) in [4.78, 5) is 16.8. The van der Waals surface area contributed by atoms with Crippen molar-refractivity contribution >= 4 is 5.91 Å². The maximum atomic E-state index is 13.0. The van der Waals surface area contributed by atoms with E-state index < -0.39 is 5.60 Å². The molecule has 0 aromatic heterocycles. The Morgan fingerprint density at radius 2 is 1.96 bits per heavy atom. The van der Waals surface area contributed by atoms with E-state index in [1.807, 2.05) is 37.1 Å². The van der Waals surface area contributed by atoms with Crippen LogP contribution < -0.4 is 0 Å². The van der Waals surface area contributed by atoms with Crippen molar-refractivity contribution in [3.05, 3.63) is 35.4 Å². The number of nitrogens with zero attached hydrogens (tertiary/aromatic N) is 2. The zero-order valence-corrected chi connectivity index (χ0v) is 16.1. The molecule has 5 heteroatoms. The fourth-order valence-electron chi connectivity index (χ4n) is 4.51. The minimum Gasteiger partial charge on any atom is -0.396 e. The van der Waals surface area contributed by atoms with Crippen LogP contribution in [0.5, 0.6) is 0 Å². The molecular formula is C21H32N2O3. The summed E-state index contributed by atoms with van der Waals surface area (Å²) in [6.45, 7) is 4.54. The highest BCUT2D eigenvalue weighted by atomic mass is 16.3. The van der Waals surface area contributed by atoms with Crippen LogP contribution in [-0.2, 0) is 11.3 Å². The van der Waals surface area contributed by atoms with Gasteiger partial charge in [-0.1, -0.05) is 36.2 Å². The van der Waals surface area contributed by atoms with Gasteiger partial charge in [-0.2, -0.15) is 0 Å². The summed E-state index contributed by atoms with van der Waals surface area (Å²) in [5.74, 6) is -0.163. The summed E-state index contributed by atoms with van der Waals surface area (Å²) in [5, 5.41) is 20.7. The Morgan fingerprint density at radius 1 is 1.19 bits per heavy atom. The summed E-state index contributed by atoms with van der Waals surface area (Å²) in [6.07, 6.45) is 4.53. The van der Waals surface area contributed by atoms with Crippen molar-refractivity contribution in [1.29, 1.82) is 0 Å². The minimum absolute atomic E-state index is 0.0376. The van der Waals surface area contributed by atoms with Gasteiger partial charge in [-0.05, 0) is 45.2 Å². The lowest BCUT2D eigenvalue weighted by Gasteiger charge is -2.45. The SMILES string of the molecule is Cc1cccc(CN2CCC[C@@](O)(CN(C)CC3(CO)CCC3)C2=O)c1. The highest BCUT2D eigenvalue weighted by Gasteiger charge is 2.44. The second-order valence-electron chi connectivity index (χ2n) is 8.53. The predicted molar refractivity (Wildman–Crippen MR) is 102 cm³/mol. The molecule has 0 radical (unpaired) electrons. The van der Waals surface area contributed by atoms with Crippen molar-refractivity contribution < 1.29 is 15.0 Å². The maximum absolute atomic E-state index is 13.0. The Hall–Kier alpha value is -1.43.